The SMILES string of the molecule is O=C(c1ccccc1)C1CCN(C(=O)Cc2ccc(C(F)(F)F)cc2)CC1. The van der Waals surface area contributed by atoms with Gasteiger partial charge in [0.25, 0.3) is 0 Å². The third-order valence-corrected chi connectivity index (χ3v) is 4.91. The van der Waals surface area contributed by atoms with Crippen LogP contribution < -0.4 is 0 Å². The molecule has 3 rings (SSSR count). The first kappa shape index (κ1) is 19.1. The number of benzene rings is 2. The summed E-state index contributed by atoms with van der Waals surface area (Å²) >= 11 is 0. The van der Waals surface area contributed by atoms with E-state index in [1.807, 2.05) is 18.2 Å². The molecule has 1 fully saturated rings. The van der Waals surface area contributed by atoms with Gasteiger partial charge in [0, 0.05) is 24.6 Å². The molecule has 1 aliphatic rings. The molecule has 0 bridgehead atoms. The van der Waals surface area contributed by atoms with Gasteiger partial charge in [-0.1, -0.05) is 42.5 Å². The van der Waals surface area contributed by atoms with Crippen molar-refractivity contribution >= 4 is 11.7 Å². The monoisotopic (exact) mass is 375 g/mol. The topological polar surface area (TPSA) is 37.4 Å². The number of carbonyl (C=O) groups excluding carboxylic acids is 2. The molecular formula is C21H20F3NO2. The fourth-order valence-corrected chi connectivity index (χ4v) is 3.33. The first-order chi connectivity index (χ1) is 12.8. The molecule has 1 aliphatic heterocycles. The zero-order valence-corrected chi connectivity index (χ0v) is 14.7. The number of Topliss-reactive ketones (excluding diaryl/α,β-unsaturated/α-hetero) is 1. The molecule has 0 unspecified atom stereocenters. The van der Waals surface area contributed by atoms with Crippen molar-refractivity contribution < 1.29 is 22.8 Å². The number of likely N-dealkylation sites (tertiary alicyclic amines) is 1. The molecule has 0 saturated carbocycles. The highest BCUT2D eigenvalue weighted by molar-refractivity contribution is 5.98. The second-order valence-electron chi connectivity index (χ2n) is 6.76. The van der Waals surface area contributed by atoms with Gasteiger partial charge in [0.05, 0.1) is 12.0 Å². The lowest BCUT2D eigenvalue weighted by molar-refractivity contribution is -0.137. The molecule has 6 heteroatoms. The Morgan fingerprint density at radius 3 is 2.07 bits per heavy atom. The minimum Gasteiger partial charge on any atom is -0.342 e. The Labute approximate surface area is 155 Å². The Hall–Kier alpha value is -2.63. The van der Waals surface area contributed by atoms with Crippen LogP contribution in [0, 0.1) is 5.92 Å². The van der Waals surface area contributed by atoms with Gasteiger partial charge < -0.3 is 4.90 Å². The van der Waals surface area contributed by atoms with Crippen LogP contribution in [0.15, 0.2) is 54.6 Å². The van der Waals surface area contributed by atoms with Crippen LogP contribution in [0.2, 0.25) is 0 Å². The molecular weight excluding hydrogens is 355 g/mol. The molecule has 2 aromatic rings. The molecule has 0 N–H and O–H groups in total. The van der Waals surface area contributed by atoms with Crippen molar-refractivity contribution in [3.05, 3.63) is 71.3 Å². The van der Waals surface area contributed by atoms with Crippen molar-refractivity contribution in [3.63, 3.8) is 0 Å². The van der Waals surface area contributed by atoms with E-state index < -0.39 is 11.7 Å². The van der Waals surface area contributed by atoms with E-state index >= 15 is 0 Å². The standard InChI is InChI=1S/C21H20F3NO2/c22-21(23,24)18-8-6-15(7-9-18)14-19(26)25-12-10-17(11-13-25)20(27)16-4-2-1-3-5-16/h1-9,17H,10-14H2. The van der Waals surface area contributed by atoms with Gasteiger partial charge in [0.2, 0.25) is 5.91 Å². The van der Waals surface area contributed by atoms with Gasteiger partial charge in [-0.15, -0.1) is 0 Å². The number of alkyl halides is 3. The van der Waals surface area contributed by atoms with Gasteiger partial charge in [-0.05, 0) is 30.5 Å². The predicted octanol–water partition coefficient (Wildman–Crippen LogP) is 4.37. The summed E-state index contributed by atoms with van der Waals surface area (Å²) < 4.78 is 37.8. The highest BCUT2D eigenvalue weighted by Crippen LogP contribution is 2.29. The highest BCUT2D eigenvalue weighted by Gasteiger charge is 2.30. The van der Waals surface area contributed by atoms with Crippen LogP contribution in [0.4, 0.5) is 13.2 Å². The maximum atomic E-state index is 12.6. The van der Waals surface area contributed by atoms with Crippen LogP contribution in [0.5, 0.6) is 0 Å². The van der Waals surface area contributed by atoms with E-state index in [9.17, 15) is 22.8 Å². The number of hydrogen-bond donors (Lipinski definition) is 0. The average molecular weight is 375 g/mol. The molecule has 0 spiro atoms. The van der Waals surface area contributed by atoms with Gasteiger partial charge in [-0.25, -0.2) is 0 Å². The van der Waals surface area contributed by atoms with E-state index in [4.69, 9.17) is 0 Å². The van der Waals surface area contributed by atoms with E-state index in [0.29, 0.717) is 37.1 Å². The van der Waals surface area contributed by atoms with Crippen molar-refractivity contribution in [1.29, 1.82) is 0 Å². The molecule has 1 saturated heterocycles. The van der Waals surface area contributed by atoms with Gasteiger partial charge in [-0.2, -0.15) is 13.2 Å². The smallest absolute Gasteiger partial charge is 0.342 e. The number of carbonyl (C=O) groups is 2. The molecule has 0 aromatic heterocycles. The quantitative estimate of drug-likeness (QED) is 0.744. The largest absolute Gasteiger partial charge is 0.416 e. The number of piperidine rings is 1. The Bertz CT molecular complexity index is 792. The van der Waals surface area contributed by atoms with Crippen LogP contribution in [0.1, 0.15) is 34.3 Å². The van der Waals surface area contributed by atoms with E-state index in [0.717, 1.165) is 12.1 Å². The molecule has 3 nitrogen and oxygen atoms in total. The number of rotatable bonds is 4. The number of halogens is 3. The average Bonchev–Trinajstić information content (AvgIpc) is 2.68. The second kappa shape index (κ2) is 7.94. The minimum atomic E-state index is -4.38. The lowest BCUT2D eigenvalue weighted by Gasteiger charge is -2.31. The van der Waals surface area contributed by atoms with Crippen LogP contribution in [0.25, 0.3) is 0 Å². The minimum absolute atomic E-state index is 0.0649. The van der Waals surface area contributed by atoms with Crippen LogP contribution in [0.3, 0.4) is 0 Å². The maximum absolute atomic E-state index is 12.6. The number of ketones is 1. The Kier molecular flexibility index (Phi) is 5.63. The van der Waals surface area contributed by atoms with Gasteiger partial charge in [0.1, 0.15) is 0 Å². The summed E-state index contributed by atoms with van der Waals surface area (Å²) in [5.74, 6) is -0.117. The number of amides is 1. The van der Waals surface area contributed by atoms with Crippen molar-refractivity contribution in [2.45, 2.75) is 25.4 Å². The first-order valence-electron chi connectivity index (χ1n) is 8.88. The zero-order valence-electron chi connectivity index (χ0n) is 14.7. The number of nitrogens with zero attached hydrogens (tertiary/aromatic N) is 1. The van der Waals surface area contributed by atoms with Gasteiger partial charge >= 0.3 is 6.18 Å². The van der Waals surface area contributed by atoms with E-state index in [1.54, 1.807) is 17.0 Å². The third-order valence-electron chi connectivity index (χ3n) is 4.91. The van der Waals surface area contributed by atoms with Crippen molar-refractivity contribution in [2.24, 2.45) is 5.92 Å². The molecule has 1 amide bonds. The Morgan fingerprint density at radius 2 is 1.52 bits per heavy atom. The van der Waals surface area contributed by atoms with E-state index in [1.165, 1.54) is 12.1 Å². The fourth-order valence-electron chi connectivity index (χ4n) is 3.33. The summed E-state index contributed by atoms with van der Waals surface area (Å²) in [5.41, 5.74) is 0.515. The number of hydrogen-bond acceptors (Lipinski definition) is 2. The Balaban J connectivity index is 1.53. The molecule has 2 aromatic carbocycles. The lowest BCUT2D eigenvalue weighted by atomic mass is 9.88. The first-order valence-corrected chi connectivity index (χ1v) is 8.88. The fraction of sp³-hybridized carbons (Fsp3) is 0.333. The molecule has 0 atom stereocenters. The summed E-state index contributed by atoms with van der Waals surface area (Å²) in [7, 11) is 0. The summed E-state index contributed by atoms with van der Waals surface area (Å²) in [5, 5.41) is 0. The van der Waals surface area contributed by atoms with Crippen molar-refractivity contribution in [1.82, 2.24) is 4.90 Å². The summed E-state index contributed by atoms with van der Waals surface area (Å²) in [6.07, 6.45) is -3.11. The zero-order chi connectivity index (χ0) is 19.4. The Morgan fingerprint density at radius 1 is 0.926 bits per heavy atom. The van der Waals surface area contributed by atoms with E-state index in [-0.39, 0.29) is 24.0 Å². The molecule has 27 heavy (non-hydrogen) atoms. The highest BCUT2D eigenvalue weighted by atomic mass is 19.4. The van der Waals surface area contributed by atoms with E-state index in [2.05, 4.69) is 0 Å². The second-order valence-corrected chi connectivity index (χ2v) is 6.76. The molecule has 0 radical (unpaired) electrons. The molecule has 1 heterocycles. The normalized spacial score (nSPS) is 15.6. The van der Waals surface area contributed by atoms with Crippen LogP contribution in [-0.4, -0.2) is 29.7 Å². The van der Waals surface area contributed by atoms with Gasteiger partial charge in [0.15, 0.2) is 5.78 Å². The molecule has 0 aliphatic carbocycles. The summed E-state index contributed by atoms with van der Waals surface area (Å²) in [6, 6.07) is 13.8. The molecule has 142 valence electrons. The van der Waals surface area contributed by atoms with Gasteiger partial charge in [-0.3, -0.25) is 9.59 Å². The van der Waals surface area contributed by atoms with Crippen molar-refractivity contribution in [3.8, 4) is 0 Å². The van der Waals surface area contributed by atoms with Crippen molar-refractivity contribution in [2.75, 3.05) is 13.1 Å². The summed E-state index contributed by atoms with van der Waals surface area (Å²) in [6.45, 7) is 0.978. The summed E-state index contributed by atoms with van der Waals surface area (Å²) in [4.78, 5) is 26.6. The third kappa shape index (κ3) is 4.76. The lowest BCUT2D eigenvalue weighted by Crippen LogP contribution is -2.41. The maximum Gasteiger partial charge on any atom is 0.416 e. The predicted molar refractivity (Wildman–Crippen MR) is 95.2 cm³/mol. The van der Waals surface area contributed by atoms with Crippen LogP contribution >= 0.6 is 0 Å². The van der Waals surface area contributed by atoms with Crippen LogP contribution in [-0.2, 0) is 17.4 Å².